The summed E-state index contributed by atoms with van der Waals surface area (Å²) in [6.07, 6.45) is 5.58. The van der Waals surface area contributed by atoms with Gasteiger partial charge in [-0.05, 0) is 43.2 Å². The lowest BCUT2D eigenvalue weighted by Crippen LogP contribution is -2.57. The molecule has 3 aromatic rings. The van der Waals surface area contributed by atoms with Crippen molar-refractivity contribution in [1.29, 1.82) is 0 Å². The Morgan fingerprint density at radius 3 is 2.42 bits per heavy atom. The summed E-state index contributed by atoms with van der Waals surface area (Å²) in [6, 6.07) is 14.7. The molecule has 1 fully saturated rings. The van der Waals surface area contributed by atoms with E-state index in [2.05, 4.69) is 40.8 Å². The van der Waals surface area contributed by atoms with Crippen LogP contribution in [-0.2, 0) is 11.3 Å². The van der Waals surface area contributed by atoms with Gasteiger partial charge in [0.2, 0.25) is 11.9 Å². The van der Waals surface area contributed by atoms with E-state index in [0.29, 0.717) is 12.6 Å². The van der Waals surface area contributed by atoms with E-state index in [1.807, 2.05) is 48.9 Å². The van der Waals surface area contributed by atoms with Gasteiger partial charge >= 0.3 is 0 Å². The topological polar surface area (TPSA) is 91.5 Å². The summed E-state index contributed by atoms with van der Waals surface area (Å²) >= 11 is 0. The first-order valence-electron chi connectivity index (χ1n) is 11.3. The van der Waals surface area contributed by atoms with Crippen molar-refractivity contribution in [3.63, 3.8) is 0 Å². The van der Waals surface area contributed by atoms with E-state index in [-0.39, 0.29) is 18.5 Å². The van der Waals surface area contributed by atoms with Gasteiger partial charge in [0.25, 0.3) is 0 Å². The van der Waals surface area contributed by atoms with E-state index in [1.165, 1.54) is 0 Å². The number of nitrogens with zero attached hydrogens (tertiary/aromatic N) is 6. The SMILES string of the molecule is C[C@@H]1CN(c2ncc(-c3cccc(CN(C)C(=O)CN)c3)cn2)[C@@H](C)CN1c1ccccn1. The molecule has 1 aliphatic heterocycles. The Hall–Kier alpha value is -3.52. The van der Waals surface area contributed by atoms with Gasteiger partial charge in [0.05, 0.1) is 6.54 Å². The van der Waals surface area contributed by atoms with Crippen LogP contribution in [0, 0.1) is 0 Å². The highest BCUT2D eigenvalue weighted by Gasteiger charge is 2.31. The largest absolute Gasteiger partial charge is 0.350 e. The summed E-state index contributed by atoms with van der Waals surface area (Å²) in [4.78, 5) is 31.9. The minimum atomic E-state index is -0.0837. The number of nitrogens with two attached hydrogens (primary N) is 1. The molecular formula is C25H31N7O. The van der Waals surface area contributed by atoms with Gasteiger partial charge < -0.3 is 20.4 Å². The summed E-state index contributed by atoms with van der Waals surface area (Å²) in [5.74, 6) is 1.66. The lowest BCUT2D eigenvalue weighted by Gasteiger charge is -2.44. The minimum absolute atomic E-state index is 0.0126. The van der Waals surface area contributed by atoms with E-state index >= 15 is 0 Å². The number of rotatable bonds is 6. The monoisotopic (exact) mass is 445 g/mol. The van der Waals surface area contributed by atoms with Crippen molar-refractivity contribution in [3.8, 4) is 11.1 Å². The maximum Gasteiger partial charge on any atom is 0.236 e. The Bertz CT molecular complexity index is 1070. The van der Waals surface area contributed by atoms with Gasteiger partial charge in [0.1, 0.15) is 5.82 Å². The first-order chi connectivity index (χ1) is 16.0. The molecule has 2 atom stereocenters. The molecule has 4 rings (SSSR count). The summed E-state index contributed by atoms with van der Waals surface area (Å²) in [5.41, 5.74) is 8.47. The molecule has 2 N–H and O–H groups in total. The summed E-state index contributed by atoms with van der Waals surface area (Å²) < 4.78 is 0. The average molecular weight is 446 g/mol. The van der Waals surface area contributed by atoms with Crippen LogP contribution in [0.15, 0.2) is 61.1 Å². The fraction of sp³-hybridized carbons (Fsp3) is 0.360. The van der Waals surface area contributed by atoms with Crippen LogP contribution in [0.3, 0.4) is 0 Å². The molecular weight excluding hydrogens is 414 g/mol. The summed E-state index contributed by atoms with van der Waals surface area (Å²) in [5, 5.41) is 0. The van der Waals surface area contributed by atoms with Crippen molar-refractivity contribution in [2.45, 2.75) is 32.5 Å². The zero-order chi connectivity index (χ0) is 23.4. The number of piperazine rings is 1. The molecule has 8 nitrogen and oxygen atoms in total. The van der Waals surface area contributed by atoms with Crippen LogP contribution in [0.25, 0.3) is 11.1 Å². The number of amides is 1. The Morgan fingerprint density at radius 2 is 1.73 bits per heavy atom. The van der Waals surface area contributed by atoms with Crippen LogP contribution in [0.5, 0.6) is 0 Å². The minimum Gasteiger partial charge on any atom is -0.350 e. The van der Waals surface area contributed by atoms with E-state index in [0.717, 1.165) is 41.5 Å². The van der Waals surface area contributed by atoms with Gasteiger partial charge in [0.15, 0.2) is 0 Å². The highest BCUT2D eigenvalue weighted by molar-refractivity contribution is 5.77. The van der Waals surface area contributed by atoms with Crippen molar-refractivity contribution in [2.24, 2.45) is 5.73 Å². The van der Waals surface area contributed by atoms with Crippen molar-refractivity contribution in [1.82, 2.24) is 19.9 Å². The molecule has 8 heteroatoms. The number of hydrogen-bond acceptors (Lipinski definition) is 7. The van der Waals surface area contributed by atoms with Crippen LogP contribution in [0.4, 0.5) is 11.8 Å². The second kappa shape index (κ2) is 9.95. The van der Waals surface area contributed by atoms with Crippen molar-refractivity contribution < 1.29 is 4.79 Å². The molecule has 1 amide bonds. The third-order valence-corrected chi connectivity index (χ3v) is 6.11. The van der Waals surface area contributed by atoms with Crippen molar-refractivity contribution in [3.05, 3.63) is 66.6 Å². The summed E-state index contributed by atoms with van der Waals surface area (Å²) in [6.45, 7) is 6.62. The molecule has 1 aromatic carbocycles. The number of anilines is 2. The van der Waals surface area contributed by atoms with Crippen molar-refractivity contribution >= 4 is 17.7 Å². The Labute approximate surface area is 195 Å². The molecule has 2 aromatic heterocycles. The molecule has 172 valence electrons. The van der Waals surface area contributed by atoms with Gasteiger partial charge in [-0.3, -0.25) is 4.79 Å². The number of carbonyl (C=O) groups excluding carboxylic acids is 1. The molecule has 0 bridgehead atoms. The number of benzene rings is 1. The molecule has 0 radical (unpaired) electrons. The predicted octanol–water partition coefficient (Wildman–Crippen LogP) is 2.56. The normalized spacial score (nSPS) is 18.3. The molecule has 0 unspecified atom stereocenters. The molecule has 1 aliphatic rings. The molecule has 0 saturated carbocycles. The molecule has 0 aliphatic carbocycles. The lowest BCUT2D eigenvalue weighted by atomic mass is 10.1. The lowest BCUT2D eigenvalue weighted by molar-refractivity contribution is -0.128. The van der Waals surface area contributed by atoms with Crippen LogP contribution >= 0.6 is 0 Å². The van der Waals surface area contributed by atoms with Crippen LogP contribution in [0.2, 0.25) is 0 Å². The van der Waals surface area contributed by atoms with Gasteiger partial charge in [-0.15, -0.1) is 0 Å². The fourth-order valence-electron chi connectivity index (χ4n) is 4.23. The number of hydrogen-bond donors (Lipinski definition) is 1. The van der Waals surface area contributed by atoms with Gasteiger partial charge in [-0.2, -0.15) is 0 Å². The Balaban J connectivity index is 1.47. The predicted molar refractivity (Wildman–Crippen MR) is 131 cm³/mol. The molecule has 3 heterocycles. The highest BCUT2D eigenvalue weighted by Crippen LogP contribution is 2.26. The second-order valence-corrected chi connectivity index (χ2v) is 8.62. The Kier molecular flexibility index (Phi) is 6.84. The molecule has 0 spiro atoms. The van der Waals surface area contributed by atoms with E-state index in [1.54, 1.807) is 11.9 Å². The maximum absolute atomic E-state index is 11.8. The second-order valence-electron chi connectivity index (χ2n) is 8.62. The fourth-order valence-corrected chi connectivity index (χ4v) is 4.23. The zero-order valence-electron chi connectivity index (χ0n) is 19.4. The van der Waals surface area contributed by atoms with E-state index < -0.39 is 0 Å². The molecule has 1 saturated heterocycles. The standard InChI is InChI=1S/C25H31N7O/c1-18-16-32(19(2)15-31(18)23-9-4-5-10-27-23)25-28-13-22(14-29-25)21-8-6-7-20(11-21)17-30(3)24(33)12-26/h4-11,13-14,18-19H,12,15-17,26H2,1-3H3/t18-,19+/m1/s1. The number of likely N-dealkylation sites (N-methyl/N-ethyl adjacent to an activating group) is 1. The third-order valence-electron chi connectivity index (χ3n) is 6.11. The number of carbonyl (C=O) groups is 1. The highest BCUT2D eigenvalue weighted by atomic mass is 16.2. The first-order valence-corrected chi connectivity index (χ1v) is 11.3. The Morgan fingerprint density at radius 1 is 1.00 bits per heavy atom. The average Bonchev–Trinajstić information content (AvgIpc) is 2.85. The van der Waals surface area contributed by atoms with E-state index in [4.69, 9.17) is 15.7 Å². The third kappa shape index (κ3) is 5.12. The first kappa shape index (κ1) is 22.7. The maximum atomic E-state index is 11.8. The quantitative estimate of drug-likeness (QED) is 0.623. The van der Waals surface area contributed by atoms with Crippen LogP contribution < -0.4 is 15.5 Å². The van der Waals surface area contributed by atoms with Crippen molar-refractivity contribution in [2.75, 3.05) is 36.5 Å². The van der Waals surface area contributed by atoms with E-state index in [9.17, 15) is 4.79 Å². The van der Waals surface area contributed by atoms with Gasteiger partial charge in [-0.1, -0.05) is 24.3 Å². The van der Waals surface area contributed by atoms with Gasteiger partial charge in [0, 0.05) is 62.9 Å². The van der Waals surface area contributed by atoms with Gasteiger partial charge in [-0.25, -0.2) is 15.0 Å². The molecule has 33 heavy (non-hydrogen) atoms. The van der Waals surface area contributed by atoms with Crippen LogP contribution in [0.1, 0.15) is 19.4 Å². The smallest absolute Gasteiger partial charge is 0.236 e. The zero-order valence-corrected chi connectivity index (χ0v) is 19.4. The summed E-state index contributed by atoms with van der Waals surface area (Å²) in [7, 11) is 1.76. The number of aromatic nitrogens is 3. The number of pyridine rings is 1. The van der Waals surface area contributed by atoms with Crippen LogP contribution in [-0.4, -0.2) is 64.5 Å².